The van der Waals surface area contributed by atoms with E-state index in [1.54, 1.807) is 19.9 Å². The molecule has 0 aromatic heterocycles. The average Bonchev–Trinajstić information content (AvgIpc) is 2.61. The van der Waals surface area contributed by atoms with Gasteiger partial charge in [0.1, 0.15) is 6.61 Å². The molecule has 0 fully saturated rings. The maximum absolute atomic E-state index is 12.6. The Labute approximate surface area is 150 Å². The minimum absolute atomic E-state index is 0.0633. The highest BCUT2D eigenvalue weighted by Crippen LogP contribution is 2.32. The molecule has 1 aromatic carbocycles. The van der Waals surface area contributed by atoms with Crippen molar-refractivity contribution in [2.24, 2.45) is 0 Å². The minimum atomic E-state index is -0.833. The lowest BCUT2D eigenvalue weighted by molar-refractivity contribution is -0.384. The van der Waals surface area contributed by atoms with E-state index in [1.165, 1.54) is 30.2 Å². The number of hydrogen-bond donors (Lipinski definition) is 1. The fourth-order valence-corrected chi connectivity index (χ4v) is 2.79. The number of rotatable bonds is 7. The van der Waals surface area contributed by atoms with Gasteiger partial charge in [-0.15, -0.1) is 0 Å². The molecule has 1 N–H and O–H groups in total. The quantitative estimate of drug-likeness (QED) is 0.344. The monoisotopic (exact) mass is 363 g/mol. The van der Waals surface area contributed by atoms with E-state index in [0.717, 1.165) is 0 Å². The number of nitrogens with one attached hydrogen (secondary N) is 1. The molecule has 26 heavy (non-hydrogen) atoms. The molecule has 1 aliphatic rings. The second-order valence-corrected chi connectivity index (χ2v) is 5.61. The first-order valence-electron chi connectivity index (χ1n) is 8.09. The smallest absolute Gasteiger partial charge is 0.338 e. The predicted octanol–water partition coefficient (Wildman–Crippen LogP) is 2.14. The number of esters is 1. The Bertz CT molecular complexity index is 746. The van der Waals surface area contributed by atoms with Crippen LogP contribution < -0.4 is 5.32 Å². The molecular weight excluding hydrogens is 342 g/mol. The SMILES string of the molecule is CCN1C(=O)N[C@@H](c2cccc([N+](=O)[O-])c2)C(C(=O)OCCOC)=C1C. The lowest BCUT2D eigenvalue weighted by atomic mass is 9.94. The predicted molar refractivity (Wildman–Crippen MR) is 92.3 cm³/mol. The van der Waals surface area contributed by atoms with Crippen LogP contribution in [0.25, 0.3) is 0 Å². The molecule has 1 atom stereocenters. The molecule has 140 valence electrons. The molecule has 2 rings (SSSR count). The van der Waals surface area contributed by atoms with E-state index in [0.29, 0.717) is 17.8 Å². The molecule has 0 saturated heterocycles. The Hall–Kier alpha value is -2.94. The number of ether oxygens (including phenoxy) is 2. The molecule has 1 heterocycles. The molecule has 0 radical (unpaired) electrons. The van der Waals surface area contributed by atoms with Gasteiger partial charge in [0.15, 0.2) is 0 Å². The van der Waals surface area contributed by atoms with E-state index in [9.17, 15) is 19.7 Å². The summed E-state index contributed by atoms with van der Waals surface area (Å²) in [6.07, 6.45) is 0. The van der Waals surface area contributed by atoms with Gasteiger partial charge >= 0.3 is 12.0 Å². The number of nitro benzene ring substituents is 1. The third-order valence-corrected chi connectivity index (χ3v) is 4.07. The third kappa shape index (κ3) is 3.99. The molecule has 0 spiro atoms. The van der Waals surface area contributed by atoms with Gasteiger partial charge in [0.25, 0.3) is 5.69 Å². The summed E-state index contributed by atoms with van der Waals surface area (Å²) >= 11 is 0. The van der Waals surface area contributed by atoms with Crippen LogP contribution in [0.5, 0.6) is 0 Å². The first kappa shape index (κ1) is 19.4. The molecule has 1 aliphatic heterocycles. The molecule has 1 aromatic rings. The van der Waals surface area contributed by atoms with Crippen LogP contribution in [-0.4, -0.2) is 48.7 Å². The van der Waals surface area contributed by atoms with Crippen LogP contribution in [0.3, 0.4) is 0 Å². The first-order chi connectivity index (χ1) is 12.4. The van der Waals surface area contributed by atoms with Gasteiger partial charge in [0, 0.05) is 31.5 Å². The third-order valence-electron chi connectivity index (χ3n) is 4.07. The van der Waals surface area contributed by atoms with Crippen molar-refractivity contribution < 1.29 is 24.0 Å². The van der Waals surface area contributed by atoms with Gasteiger partial charge < -0.3 is 14.8 Å². The van der Waals surface area contributed by atoms with E-state index in [4.69, 9.17) is 9.47 Å². The fraction of sp³-hybridized carbons (Fsp3) is 0.412. The number of allylic oxidation sites excluding steroid dienone is 1. The summed E-state index contributed by atoms with van der Waals surface area (Å²) in [5, 5.41) is 13.8. The Kier molecular flexibility index (Phi) is 6.29. The van der Waals surface area contributed by atoms with Crippen molar-refractivity contribution in [3.8, 4) is 0 Å². The zero-order chi connectivity index (χ0) is 19.3. The summed E-state index contributed by atoms with van der Waals surface area (Å²) in [5.41, 5.74) is 0.999. The van der Waals surface area contributed by atoms with Crippen LogP contribution in [0.1, 0.15) is 25.5 Å². The van der Waals surface area contributed by atoms with Crippen molar-refractivity contribution in [3.05, 3.63) is 51.2 Å². The van der Waals surface area contributed by atoms with Gasteiger partial charge in [-0.05, 0) is 19.4 Å². The number of carbonyl (C=O) groups is 2. The maximum atomic E-state index is 12.6. The van der Waals surface area contributed by atoms with Crippen molar-refractivity contribution in [2.75, 3.05) is 26.9 Å². The van der Waals surface area contributed by atoms with Gasteiger partial charge in [-0.1, -0.05) is 12.1 Å². The number of amides is 2. The summed E-state index contributed by atoms with van der Waals surface area (Å²) < 4.78 is 10.1. The fourth-order valence-electron chi connectivity index (χ4n) is 2.79. The van der Waals surface area contributed by atoms with Crippen molar-refractivity contribution in [1.29, 1.82) is 0 Å². The maximum Gasteiger partial charge on any atom is 0.338 e. The summed E-state index contributed by atoms with van der Waals surface area (Å²) in [6, 6.07) is 4.60. The lowest BCUT2D eigenvalue weighted by Crippen LogP contribution is -2.47. The molecule has 9 heteroatoms. The van der Waals surface area contributed by atoms with Crippen molar-refractivity contribution in [3.63, 3.8) is 0 Å². The zero-order valence-electron chi connectivity index (χ0n) is 14.9. The number of carbonyl (C=O) groups excluding carboxylic acids is 2. The summed E-state index contributed by atoms with van der Waals surface area (Å²) in [6.45, 7) is 4.11. The first-order valence-corrected chi connectivity index (χ1v) is 8.09. The highest BCUT2D eigenvalue weighted by Gasteiger charge is 2.36. The van der Waals surface area contributed by atoms with E-state index >= 15 is 0 Å². The largest absolute Gasteiger partial charge is 0.460 e. The zero-order valence-corrected chi connectivity index (χ0v) is 14.9. The van der Waals surface area contributed by atoms with Crippen LogP contribution in [-0.2, 0) is 14.3 Å². The molecule has 0 aliphatic carbocycles. The number of non-ortho nitro benzene ring substituents is 1. The Morgan fingerprint density at radius 1 is 1.38 bits per heavy atom. The second-order valence-electron chi connectivity index (χ2n) is 5.61. The Morgan fingerprint density at radius 3 is 2.73 bits per heavy atom. The van der Waals surface area contributed by atoms with Gasteiger partial charge in [0.2, 0.25) is 0 Å². The normalized spacial score (nSPS) is 17.1. The molecular formula is C17H21N3O6. The molecule has 0 bridgehead atoms. The van der Waals surface area contributed by atoms with Crippen LogP contribution >= 0.6 is 0 Å². The van der Waals surface area contributed by atoms with Crippen molar-refractivity contribution in [1.82, 2.24) is 10.2 Å². The molecule has 0 saturated carbocycles. The van der Waals surface area contributed by atoms with Crippen LogP contribution in [0.15, 0.2) is 35.5 Å². The number of nitro groups is 1. The number of benzene rings is 1. The Morgan fingerprint density at radius 2 is 2.12 bits per heavy atom. The number of hydrogen-bond acceptors (Lipinski definition) is 6. The van der Waals surface area contributed by atoms with E-state index in [-0.39, 0.29) is 30.5 Å². The number of nitrogens with zero attached hydrogens (tertiary/aromatic N) is 2. The highest BCUT2D eigenvalue weighted by molar-refractivity contribution is 5.95. The summed E-state index contributed by atoms with van der Waals surface area (Å²) in [7, 11) is 1.49. The van der Waals surface area contributed by atoms with E-state index < -0.39 is 16.9 Å². The standard InChI is InChI=1S/C17H21N3O6/c1-4-19-11(2)14(16(21)26-9-8-25-3)15(18-17(19)22)12-6-5-7-13(10-12)20(23)24/h5-7,10,15H,4,8-9H2,1-3H3,(H,18,22)/t15-/m0/s1. The molecule has 2 amide bonds. The average molecular weight is 363 g/mol. The van der Waals surface area contributed by atoms with Crippen LogP contribution in [0.4, 0.5) is 10.5 Å². The van der Waals surface area contributed by atoms with Crippen molar-refractivity contribution in [2.45, 2.75) is 19.9 Å². The minimum Gasteiger partial charge on any atom is -0.460 e. The van der Waals surface area contributed by atoms with E-state index in [2.05, 4.69) is 5.32 Å². The van der Waals surface area contributed by atoms with Gasteiger partial charge in [-0.3, -0.25) is 15.0 Å². The lowest BCUT2D eigenvalue weighted by Gasteiger charge is -2.34. The van der Waals surface area contributed by atoms with Gasteiger partial charge in [0.05, 0.1) is 23.1 Å². The van der Waals surface area contributed by atoms with Crippen LogP contribution in [0, 0.1) is 10.1 Å². The summed E-state index contributed by atoms with van der Waals surface area (Å²) in [4.78, 5) is 36.9. The Balaban J connectivity index is 2.46. The highest BCUT2D eigenvalue weighted by atomic mass is 16.6. The second kappa shape index (κ2) is 8.43. The van der Waals surface area contributed by atoms with Crippen molar-refractivity contribution >= 4 is 17.7 Å². The van der Waals surface area contributed by atoms with E-state index in [1.807, 2.05) is 0 Å². The topological polar surface area (TPSA) is 111 Å². The van der Waals surface area contributed by atoms with Crippen LogP contribution in [0.2, 0.25) is 0 Å². The summed E-state index contributed by atoms with van der Waals surface area (Å²) in [5.74, 6) is -0.602. The molecule has 9 nitrogen and oxygen atoms in total. The van der Waals surface area contributed by atoms with Gasteiger partial charge in [-0.25, -0.2) is 9.59 Å². The number of urea groups is 1. The number of methoxy groups -OCH3 is 1. The van der Waals surface area contributed by atoms with Gasteiger partial charge in [-0.2, -0.15) is 0 Å². The molecule has 0 unspecified atom stereocenters.